The van der Waals surface area contributed by atoms with Gasteiger partial charge in [-0.05, 0) is 57.6 Å². The van der Waals surface area contributed by atoms with E-state index in [1.807, 2.05) is 7.05 Å². The third-order valence-corrected chi connectivity index (χ3v) is 6.17. The smallest absolute Gasteiger partial charge is 0.244 e. The molecule has 1 heterocycles. The average Bonchev–Trinajstić information content (AvgIpc) is 2.60. The minimum Gasteiger partial charge on any atom is -0.495 e. The molecule has 9 heteroatoms. The van der Waals surface area contributed by atoms with E-state index in [1.165, 1.54) is 13.2 Å². The number of likely N-dealkylation sites (tertiary alicyclic amines) is 1. The molecule has 1 aromatic rings. The molecular weight excluding hydrogens is 390 g/mol. The van der Waals surface area contributed by atoms with Gasteiger partial charge >= 0.3 is 0 Å². The fraction of sp³-hybridized carbons (Fsp3) is 0.611. The highest BCUT2D eigenvalue weighted by Gasteiger charge is 2.34. The molecule has 1 saturated heterocycles. The lowest BCUT2D eigenvalue weighted by molar-refractivity contribution is -0.123. The molecule has 0 aromatic heterocycles. The molecule has 0 saturated carbocycles. The first-order valence-electron chi connectivity index (χ1n) is 8.99. The molecule has 1 aliphatic heterocycles. The van der Waals surface area contributed by atoms with E-state index in [9.17, 15) is 13.2 Å². The van der Waals surface area contributed by atoms with Crippen LogP contribution < -0.4 is 14.4 Å². The van der Waals surface area contributed by atoms with E-state index in [0.717, 1.165) is 36.5 Å². The van der Waals surface area contributed by atoms with Crippen molar-refractivity contribution in [3.63, 3.8) is 0 Å². The number of methoxy groups -OCH3 is 1. The Morgan fingerprint density at radius 1 is 1.41 bits per heavy atom. The zero-order valence-electron chi connectivity index (χ0n) is 16.2. The molecule has 1 atom stereocenters. The van der Waals surface area contributed by atoms with Crippen LogP contribution in [0.4, 0.5) is 5.69 Å². The van der Waals surface area contributed by atoms with Crippen LogP contribution in [0.15, 0.2) is 18.2 Å². The van der Waals surface area contributed by atoms with Gasteiger partial charge in [-0.1, -0.05) is 18.5 Å². The summed E-state index contributed by atoms with van der Waals surface area (Å²) in [7, 11) is -0.251. The highest BCUT2D eigenvalue weighted by Crippen LogP contribution is 2.34. The van der Waals surface area contributed by atoms with Crippen LogP contribution in [0.1, 0.15) is 26.2 Å². The van der Waals surface area contributed by atoms with Crippen LogP contribution in [0.25, 0.3) is 0 Å². The van der Waals surface area contributed by atoms with Crippen LogP contribution >= 0.6 is 11.6 Å². The number of benzene rings is 1. The highest BCUT2D eigenvalue weighted by molar-refractivity contribution is 7.92. The van der Waals surface area contributed by atoms with Crippen LogP contribution in [0.5, 0.6) is 5.75 Å². The number of nitrogens with zero attached hydrogens (tertiary/aromatic N) is 2. The number of carbonyl (C=O) groups is 1. The van der Waals surface area contributed by atoms with Crippen molar-refractivity contribution >= 4 is 33.2 Å². The van der Waals surface area contributed by atoms with Gasteiger partial charge in [0.25, 0.3) is 0 Å². The van der Waals surface area contributed by atoms with Crippen molar-refractivity contribution in [1.82, 2.24) is 10.2 Å². The summed E-state index contributed by atoms with van der Waals surface area (Å²) in [4.78, 5) is 15.2. The molecule has 2 rings (SSSR count). The maximum atomic E-state index is 13.0. The number of piperidine rings is 1. The van der Waals surface area contributed by atoms with E-state index >= 15 is 0 Å². The molecule has 152 valence electrons. The van der Waals surface area contributed by atoms with Crippen molar-refractivity contribution in [2.75, 3.05) is 37.8 Å². The number of carbonyl (C=O) groups excluding carboxylic acids is 1. The Labute approximate surface area is 166 Å². The number of ether oxygens (including phenoxy) is 1. The number of hydrogen-bond acceptors (Lipinski definition) is 5. The summed E-state index contributed by atoms with van der Waals surface area (Å²) in [5.74, 6) is 0.0369. The highest BCUT2D eigenvalue weighted by atomic mass is 35.5. The SMILES string of the molecule is CC[C@H](C(=O)NC1CCN(C)CC1)N(c1cc(Cl)ccc1OC)S(C)(=O)=O. The van der Waals surface area contributed by atoms with Crippen molar-refractivity contribution in [1.29, 1.82) is 0 Å². The monoisotopic (exact) mass is 417 g/mol. The molecule has 1 fully saturated rings. The minimum absolute atomic E-state index is 0.0467. The summed E-state index contributed by atoms with van der Waals surface area (Å²) in [6.07, 6.45) is 3.09. The van der Waals surface area contributed by atoms with E-state index < -0.39 is 16.1 Å². The first-order chi connectivity index (χ1) is 12.7. The van der Waals surface area contributed by atoms with Gasteiger partial charge in [0.2, 0.25) is 15.9 Å². The molecule has 0 aliphatic carbocycles. The standard InChI is InChI=1S/C18H28ClN3O4S/c1-5-15(18(23)20-14-8-10-21(2)11-9-14)22(27(4,24)25)16-12-13(19)6-7-17(16)26-3/h6-7,12,14-15H,5,8-11H2,1-4H3,(H,20,23)/t15-/m1/s1. The Balaban J connectivity index is 2.34. The van der Waals surface area contributed by atoms with Crippen LogP contribution in [0, 0.1) is 0 Å². The molecule has 27 heavy (non-hydrogen) atoms. The third kappa shape index (κ3) is 5.49. The minimum atomic E-state index is -3.75. The Hall–Kier alpha value is -1.51. The van der Waals surface area contributed by atoms with E-state index in [-0.39, 0.29) is 17.6 Å². The normalized spacial score (nSPS) is 17.4. The maximum absolute atomic E-state index is 13.0. The Kier molecular flexibility index (Phi) is 7.36. The summed E-state index contributed by atoms with van der Waals surface area (Å²) in [5.41, 5.74) is 0.262. The molecule has 7 nitrogen and oxygen atoms in total. The van der Waals surface area contributed by atoms with Crippen LogP contribution in [0.3, 0.4) is 0 Å². The lowest BCUT2D eigenvalue weighted by atomic mass is 10.0. The second-order valence-corrected chi connectivity index (χ2v) is 9.18. The van der Waals surface area contributed by atoms with Gasteiger partial charge in [0.1, 0.15) is 11.8 Å². The van der Waals surface area contributed by atoms with Gasteiger partial charge in [0.15, 0.2) is 0 Å². The van der Waals surface area contributed by atoms with E-state index in [4.69, 9.17) is 16.3 Å². The van der Waals surface area contributed by atoms with Gasteiger partial charge in [0.05, 0.1) is 19.1 Å². The molecule has 0 spiro atoms. The van der Waals surface area contributed by atoms with Gasteiger partial charge in [0, 0.05) is 11.1 Å². The van der Waals surface area contributed by atoms with E-state index in [2.05, 4.69) is 10.2 Å². The Bertz CT molecular complexity index is 764. The molecular formula is C18H28ClN3O4S. The van der Waals surface area contributed by atoms with Gasteiger partial charge in [-0.2, -0.15) is 0 Å². The molecule has 0 radical (unpaired) electrons. The van der Waals surface area contributed by atoms with Gasteiger partial charge < -0.3 is 15.0 Å². The zero-order valence-corrected chi connectivity index (χ0v) is 17.8. The van der Waals surface area contributed by atoms with Crippen LogP contribution in [-0.4, -0.2) is 64.8 Å². The number of halogens is 1. The predicted octanol–water partition coefficient (Wildman–Crippen LogP) is 2.10. The van der Waals surface area contributed by atoms with Crippen LogP contribution in [0.2, 0.25) is 5.02 Å². The fourth-order valence-corrected chi connectivity index (χ4v) is 4.69. The summed E-state index contributed by atoms with van der Waals surface area (Å²) < 4.78 is 31.6. The number of sulfonamides is 1. The number of hydrogen-bond donors (Lipinski definition) is 1. The lowest BCUT2D eigenvalue weighted by Crippen LogP contribution is -2.53. The molecule has 1 amide bonds. The number of nitrogens with one attached hydrogen (secondary N) is 1. The van der Waals surface area contributed by atoms with Gasteiger partial charge in [-0.3, -0.25) is 9.10 Å². The Morgan fingerprint density at radius 3 is 2.56 bits per heavy atom. The number of rotatable bonds is 7. The quantitative estimate of drug-likeness (QED) is 0.735. The summed E-state index contributed by atoms with van der Waals surface area (Å²) in [6.45, 7) is 3.59. The molecule has 0 bridgehead atoms. The molecule has 1 aliphatic rings. The van der Waals surface area contributed by atoms with Crippen molar-refractivity contribution in [3.8, 4) is 5.75 Å². The summed E-state index contributed by atoms with van der Waals surface area (Å²) in [6, 6.07) is 3.88. The van der Waals surface area contributed by atoms with Crippen molar-refractivity contribution in [3.05, 3.63) is 23.2 Å². The molecule has 0 unspecified atom stereocenters. The number of anilines is 1. The second-order valence-electron chi connectivity index (χ2n) is 6.89. The van der Waals surface area contributed by atoms with Crippen molar-refractivity contribution in [2.24, 2.45) is 0 Å². The fourth-order valence-electron chi connectivity index (χ4n) is 3.32. The van der Waals surface area contributed by atoms with Crippen LogP contribution in [-0.2, 0) is 14.8 Å². The third-order valence-electron chi connectivity index (χ3n) is 4.77. The summed E-state index contributed by atoms with van der Waals surface area (Å²) >= 11 is 6.08. The number of amides is 1. The predicted molar refractivity (Wildman–Crippen MR) is 108 cm³/mol. The van der Waals surface area contributed by atoms with Gasteiger partial charge in [-0.15, -0.1) is 0 Å². The van der Waals surface area contributed by atoms with E-state index in [0.29, 0.717) is 17.2 Å². The van der Waals surface area contributed by atoms with Crippen molar-refractivity contribution < 1.29 is 17.9 Å². The van der Waals surface area contributed by atoms with Gasteiger partial charge in [-0.25, -0.2) is 8.42 Å². The molecule has 1 aromatic carbocycles. The lowest BCUT2D eigenvalue weighted by Gasteiger charge is -2.34. The maximum Gasteiger partial charge on any atom is 0.244 e. The summed E-state index contributed by atoms with van der Waals surface area (Å²) in [5, 5.41) is 3.39. The first kappa shape index (κ1) is 21.8. The second kappa shape index (κ2) is 9.12. The topological polar surface area (TPSA) is 79.0 Å². The first-order valence-corrected chi connectivity index (χ1v) is 11.2. The largest absolute Gasteiger partial charge is 0.495 e. The van der Waals surface area contributed by atoms with E-state index in [1.54, 1.807) is 19.1 Å². The molecule has 1 N–H and O–H groups in total. The Morgan fingerprint density at radius 2 is 2.04 bits per heavy atom. The average molecular weight is 418 g/mol. The van der Waals surface area contributed by atoms with Crippen molar-refractivity contribution in [2.45, 2.75) is 38.3 Å². The zero-order chi connectivity index (χ0) is 20.2.